The van der Waals surface area contributed by atoms with Gasteiger partial charge in [-0.15, -0.1) is 0 Å². The highest BCUT2D eigenvalue weighted by Crippen LogP contribution is 2.17. The Hall–Kier alpha value is -0.610. The average molecular weight is 201 g/mol. The van der Waals surface area contributed by atoms with Crippen molar-refractivity contribution in [3.05, 3.63) is 0 Å². The van der Waals surface area contributed by atoms with E-state index in [2.05, 4.69) is 5.32 Å². The van der Waals surface area contributed by atoms with Gasteiger partial charge in [-0.25, -0.2) is 0 Å². The molecular weight excluding hydrogens is 182 g/mol. The molecule has 0 radical (unpaired) electrons. The van der Waals surface area contributed by atoms with Gasteiger partial charge >= 0.3 is 5.97 Å². The predicted octanol–water partition coefficient (Wildman–Crippen LogP) is 0.564. The van der Waals surface area contributed by atoms with Crippen LogP contribution in [0.2, 0.25) is 0 Å². The van der Waals surface area contributed by atoms with E-state index in [1.165, 1.54) is 0 Å². The third-order valence-corrected chi connectivity index (χ3v) is 2.40. The summed E-state index contributed by atoms with van der Waals surface area (Å²) in [5, 5.41) is 3.15. The Kier molecular flexibility index (Phi) is 4.90. The first-order valence-corrected chi connectivity index (χ1v) is 5.27. The molecule has 4 nitrogen and oxygen atoms in total. The van der Waals surface area contributed by atoms with Gasteiger partial charge in [-0.05, 0) is 19.9 Å². The minimum atomic E-state index is -0.192. The fourth-order valence-corrected chi connectivity index (χ4v) is 1.71. The summed E-state index contributed by atoms with van der Waals surface area (Å²) >= 11 is 0. The summed E-state index contributed by atoms with van der Waals surface area (Å²) in [4.78, 5) is 11.6. The van der Waals surface area contributed by atoms with Crippen LogP contribution in [0.5, 0.6) is 0 Å². The Bertz CT molecular complexity index is 178. The number of likely N-dealkylation sites (N-methyl/N-ethyl adjacent to an activating group) is 1. The van der Waals surface area contributed by atoms with E-state index in [0.29, 0.717) is 13.2 Å². The van der Waals surface area contributed by atoms with E-state index in [1.54, 1.807) is 0 Å². The van der Waals surface area contributed by atoms with Crippen LogP contribution in [0.3, 0.4) is 0 Å². The molecule has 14 heavy (non-hydrogen) atoms. The maximum absolute atomic E-state index is 11.6. The zero-order chi connectivity index (χ0) is 10.4. The maximum Gasteiger partial charge on any atom is 0.323 e. The number of carbonyl (C=O) groups is 1. The van der Waals surface area contributed by atoms with Gasteiger partial charge in [0.2, 0.25) is 0 Å². The van der Waals surface area contributed by atoms with Gasteiger partial charge in [-0.3, -0.25) is 4.79 Å². The van der Waals surface area contributed by atoms with Crippen LogP contribution >= 0.6 is 0 Å². The molecule has 0 aromatic carbocycles. The van der Waals surface area contributed by atoms with Gasteiger partial charge in [0.1, 0.15) is 6.04 Å². The van der Waals surface area contributed by atoms with Crippen molar-refractivity contribution in [2.75, 3.05) is 26.4 Å². The Morgan fingerprint density at radius 1 is 1.64 bits per heavy atom. The molecule has 1 heterocycles. The summed E-state index contributed by atoms with van der Waals surface area (Å²) in [7, 11) is 0. The highest BCUT2D eigenvalue weighted by molar-refractivity contribution is 5.76. The first-order chi connectivity index (χ1) is 6.79. The van der Waals surface area contributed by atoms with E-state index >= 15 is 0 Å². The zero-order valence-corrected chi connectivity index (χ0v) is 8.91. The van der Waals surface area contributed by atoms with Gasteiger partial charge in [-0.1, -0.05) is 6.92 Å². The molecule has 1 aliphatic heterocycles. The second-order valence-corrected chi connectivity index (χ2v) is 3.41. The first kappa shape index (κ1) is 11.5. The molecule has 0 amide bonds. The summed E-state index contributed by atoms with van der Waals surface area (Å²) in [5.74, 6) is 0.124. The number of nitrogens with one attached hydrogen (secondary N) is 1. The fourth-order valence-electron chi connectivity index (χ4n) is 1.71. The molecule has 0 aromatic heterocycles. The van der Waals surface area contributed by atoms with Crippen LogP contribution in [0.15, 0.2) is 0 Å². The molecule has 1 fully saturated rings. The number of esters is 1. The van der Waals surface area contributed by atoms with Crippen molar-refractivity contribution in [3.8, 4) is 0 Å². The van der Waals surface area contributed by atoms with E-state index < -0.39 is 0 Å². The SMILES string of the molecule is CCNC(C(=O)OCC)C1CCOC1. The van der Waals surface area contributed by atoms with Gasteiger partial charge in [0.05, 0.1) is 13.2 Å². The molecule has 0 saturated carbocycles. The second kappa shape index (κ2) is 5.98. The molecule has 1 N–H and O–H groups in total. The third-order valence-electron chi connectivity index (χ3n) is 2.40. The molecule has 82 valence electrons. The van der Waals surface area contributed by atoms with Crippen LogP contribution in [-0.4, -0.2) is 38.4 Å². The highest BCUT2D eigenvalue weighted by Gasteiger charge is 2.31. The van der Waals surface area contributed by atoms with E-state index in [0.717, 1.165) is 19.6 Å². The summed E-state index contributed by atoms with van der Waals surface area (Å²) in [6, 6.07) is -0.192. The Morgan fingerprint density at radius 2 is 2.43 bits per heavy atom. The monoisotopic (exact) mass is 201 g/mol. The topological polar surface area (TPSA) is 47.6 Å². The molecule has 1 aliphatic rings. The predicted molar refractivity (Wildman–Crippen MR) is 53.0 cm³/mol. The van der Waals surface area contributed by atoms with Crippen molar-refractivity contribution in [1.82, 2.24) is 5.32 Å². The Balaban J connectivity index is 2.48. The molecular formula is C10H19NO3. The fraction of sp³-hybridized carbons (Fsp3) is 0.900. The molecule has 0 aromatic rings. The van der Waals surface area contributed by atoms with E-state index in [-0.39, 0.29) is 17.9 Å². The smallest absolute Gasteiger partial charge is 0.323 e. The normalized spacial score (nSPS) is 23.4. The molecule has 0 spiro atoms. The standard InChI is InChI=1S/C10H19NO3/c1-3-11-9(10(12)14-4-2)8-5-6-13-7-8/h8-9,11H,3-7H2,1-2H3. The number of rotatable bonds is 5. The van der Waals surface area contributed by atoms with Gasteiger partial charge in [0.25, 0.3) is 0 Å². The minimum Gasteiger partial charge on any atom is -0.465 e. The van der Waals surface area contributed by atoms with Crippen LogP contribution in [0.25, 0.3) is 0 Å². The summed E-state index contributed by atoms with van der Waals surface area (Å²) < 4.78 is 10.3. The maximum atomic E-state index is 11.6. The lowest BCUT2D eigenvalue weighted by atomic mass is 9.99. The van der Waals surface area contributed by atoms with Crippen molar-refractivity contribution in [3.63, 3.8) is 0 Å². The highest BCUT2D eigenvalue weighted by atomic mass is 16.5. The van der Waals surface area contributed by atoms with Gasteiger partial charge in [0.15, 0.2) is 0 Å². The van der Waals surface area contributed by atoms with Crippen LogP contribution in [0, 0.1) is 5.92 Å². The lowest BCUT2D eigenvalue weighted by Crippen LogP contribution is -2.44. The summed E-state index contributed by atoms with van der Waals surface area (Å²) in [5.41, 5.74) is 0. The molecule has 0 aliphatic carbocycles. The molecule has 4 heteroatoms. The van der Waals surface area contributed by atoms with E-state index in [4.69, 9.17) is 9.47 Å². The Morgan fingerprint density at radius 3 is 2.93 bits per heavy atom. The lowest BCUT2D eigenvalue weighted by Gasteiger charge is -2.20. The summed E-state index contributed by atoms with van der Waals surface area (Å²) in [6.07, 6.45) is 0.941. The van der Waals surface area contributed by atoms with Crippen LogP contribution in [-0.2, 0) is 14.3 Å². The molecule has 1 saturated heterocycles. The van der Waals surface area contributed by atoms with Crippen LogP contribution < -0.4 is 5.32 Å². The van der Waals surface area contributed by atoms with Gasteiger partial charge in [0, 0.05) is 12.5 Å². The first-order valence-electron chi connectivity index (χ1n) is 5.27. The summed E-state index contributed by atoms with van der Waals surface area (Å²) in [6.45, 7) is 6.45. The molecule has 0 bridgehead atoms. The van der Waals surface area contributed by atoms with Crippen molar-refractivity contribution in [1.29, 1.82) is 0 Å². The average Bonchev–Trinajstić information content (AvgIpc) is 2.67. The van der Waals surface area contributed by atoms with Crippen molar-refractivity contribution >= 4 is 5.97 Å². The number of ether oxygens (including phenoxy) is 2. The van der Waals surface area contributed by atoms with Crippen LogP contribution in [0.4, 0.5) is 0 Å². The third kappa shape index (κ3) is 2.96. The van der Waals surface area contributed by atoms with Gasteiger partial charge in [-0.2, -0.15) is 0 Å². The second-order valence-electron chi connectivity index (χ2n) is 3.41. The largest absolute Gasteiger partial charge is 0.465 e. The molecule has 2 unspecified atom stereocenters. The van der Waals surface area contributed by atoms with Crippen molar-refractivity contribution < 1.29 is 14.3 Å². The van der Waals surface area contributed by atoms with E-state index in [1.807, 2.05) is 13.8 Å². The van der Waals surface area contributed by atoms with Crippen LogP contribution in [0.1, 0.15) is 20.3 Å². The van der Waals surface area contributed by atoms with Gasteiger partial charge < -0.3 is 14.8 Å². The quantitative estimate of drug-likeness (QED) is 0.660. The minimum absolute atomic E-state index is 0.148. The number of carbonyl (C=O) groups excluding carboxylic acids is 1. The molecule has 1 rings (SSSR count). The number of hydrogen-bond acceptors (Lipinski definition) is 4. The molecule has 2 atom stereocenters. The zero-order valence-electron chi connectivity index (χ0n) is 8.91. The number of hydrogen-bond donors (Lipinski definition) is 1. The Labute approximate surface area is 85.0 Å². The lowest BCUT2D eigenvalue weighted by molar-refractivity contribution is -0.147. The van der Waals surface area contributed by atoms with E-state index in [9.17, 15) is 4.79 Å². The van der Waals surface area contributed by atoms with Crippen molar-refractivity contribution in [2.24, 2.45) is 5.92 Å². The van der Waals surface area contributed by atoms with Crippen molar-refractivity contribution in [2.45, 2.75) is 26.3 Å².